The molecule has 1 saturated carbocycles. The first kappa shape index (κ1) is 14.8. The number of allylic oxidation sites excluding steroid dienone is 1. The Labute approximate surface area is 108 Å². The molecule has 2 atom stereocenters. The van der Waals surface area contributed by atoms with Gasteiger partial charge < -0.3 is 5.32 Å². The summed E-state index contributed by atoms with van der Waals surface area (Å²) in [4.78, 5) is 0. The van der Waals surface area contributed by atoms with Gasteiger partial charge in [-0.3, -0.25) is 0 Å². The Morgan fingerprint density at radius 3 is 2.76 bits per heavy atom. The van der Waals surface area contributed by atoms with Crippen LogP contribution in [0.15, 0.2) is 12.7 Å². The summed E-state index contributed by atoms with van der Waals surface area (Å²) in [6, 6.07) is 0. The summed E-state index contributed by atoms with van der Waals surface area (Å²) in [5.74, 6) is 1.99. The molecule has 0 amide bonds. The van der Waals surface area contributed by atoms with Gasteiger partial charge in [0.25, 0.3) is 0 Å². The van der Waals surface area contributed by atoms with Gasteiger partial charge in [0.1, 0.15) is 0 Å². The topological polar surface area (TPSA) is 12.0 Å². The van der Waals surface area contributed by atoms with E-state index in [-0.39, 0.29) is 0 Å². The standard InChI is InChI=1S/C16H31N/c1-3-5-6-7-8-10-15-11-9-12-16(15)14-17-13-4-2/h3,15-17H,1,4-14H2,2H3. The summed E-state index contributed by atoms with van der Waals surface area (Å²) >= 11 is 0. The molecule has 0 aromatic rings. The third-order valence-electron chi connectivity index (χ3n) is 4.13. The van der Waals surface area contributed by atoms with Crippen LogP contribution in [0.2, 0.25) is 0 Å². The molecule has 0 saturated heterocycles. The van der Waals surface area contributed by atoms with Crippen molar-refractivity contribution in [3.8, 4) is 0 Å². The number of unbranched alkanes of at least 4 members (excludes halogenated alkanes) is 3. The molecule has 1 aliphatic rings. The quantitative estimate of drug-likeness (QED) is 0.434. The van der Waals surface area contributed by atoms with E-state index < -0.39 is 0 Å². The van der Waals surface area contributed by atoms with E-state index in [0.29, 0.717) is 0 Å². The van der Waals surface area contributed by atoms with Crippen molar-refractivity contribution < 1.29 is 0 Å². The first-order valence-corrected chi connectivity index (χ1v) is 7.70. The van der Waals surface area contributed by atoms with Crippen molar-refractivity contribution in [2.24, 2.45) is 11.8 Å². The van der Waals surface area contributed by atoms with Gasteiger partial charge in [-0.15, -0.1) is 6.58 Å². The lowest BCUT2D eigenvalue weighted by atomic mass is 9.90. The maximum Gasteiger partial charge on any atom is -0.00179 e. The number of hydrogen-bond acceptors (Lipinski definition) is 1. The van der Waals surface area contributed by atoms with Crippen LogP contribution in [-0.4, -0.2) is 13.1 Å². The number of nitrogens with one attached hydrogen (secondary N) is 1. The summed E-state index contributed by atoms with van der Waals surface area (Å²) in [5, 5.41) is 3.60. The second kappa shape index (κ2) is 9.70. The summed E-state index contributed by atoms with van der Waals surface area (Å²) in [6.45, 7) is 8.50. The molecule has 17 heavy (non-hydrogen) atoms. The van der Waals surface area contributed by atoms with Crippen molar-refractivity contribution >= 4 is 0 Å². The van der Waals surface area contributed by atoms with Gasteiger partial charge >= 0.3 is 0 Å². The van der Waals surface area contributed by atoms with E-state index in [4.69, 9.17) is 0 Å². The van der Waals surface area contributed by atoms with Gasteiger partial charge in [-0.05, 0) is 50.6 Å². The van der Waals surface area contributed by atoms with Gasteiger partial charge in [0, 0.05) is 0 Å². The lowest BCUT2D eigenvalue weighted by molar-refractivity contribution is 0.337. The van der Waals surface area contributed by atoms with Crippen molar-refractivity contribution in [2.75, 3.05) is 13.1 Å². The fourth-order valence-corrected chi connectivity index (χ4v) is 3.10. The molecular formula is C16H31N. The Morgan fingerprint density at radius 2 is 2.00 bits per heavy atom. The number of hydrogen-bond donors (Lipinski definition) is 1. The zero-order chi connectivity index (χ0) is 12.3. The van der Waals surface area contributed by atoms with Gasteiger partial charge in [-0.25, -0.2) is 0 Å². The number of rotatable bonds is 10. The van der Waals surface area contributed by atoms with E-state index >= 15 is 0 Å². The minimum absolute atomic E-state index is 0.973. The SMILES string of the molecule is C=CCCCCCC1CCCC1CNCCC. The van der Waals surface area contributed by atoms with Crippen LogP contribution in [0.4, 0.5) is 0 Å². The van der Waals surface area contributed by atoms with E-state index in [1.807, 2.05) is 6.08 Å². The smallest absolute Gasteiger partial charge is 0.00179 e. The third-order valence-corrected chi connectivity index (χ3v) is 4.13. The Hall–Kier alpha value is -0.300. The molecule has 0 aromatic carbocycles. The molecule has 1 aliphatic carbocycles. The van der Waals surface area contributed by atoms with Crippen LogP contribution < -0.4 is 5.32 Å². The van der Waals surface area contributed by atoms with E-state index in [0.717, 1.165) is 11.8 Å². The highest BCUT2D eigenvalue weighted by Crippen LogP contribution is 2.34. The second-order valence-corrected chi connectivity index (χ2v) is 5.58. The maximum atomic E-state index is 3.78. The Bertz CT molecular complexity index is 188. The molecule has 1 heteroatoms. The molecule has 0 radical (unpaired) electrons. The Morgan fingerprint density at radius 1 is 1.18 bits per heavy atom. The Kier molecular flexibility index (Phi) is 8.42. The van der Waals surface area contributed by atoms with Gasteiger partial charge in [0.05, 0.1) is 0 Å². The zero-order valence-electron chi connectivity index (χ0n) is 11.7. The van der Waals surface area contributed by atoms with Crippen LogP contribution >= 0.6 is 0 Å². The molecule has 0 bridgehead atoms. The second-order valence-electron chi connectivity index (χ2n) is 5.58. The van der Waals surface area contributed by atoms with Crippen molar-refractivity contribution in [1.29, 1.82) is 0 Å². The van der Waals surface area contributed by atoms with Crippen LogP contribution in [0, 0.1) is 11.8 Å². The third kappa shape index (κ3) is 6.26. The lowest BCUT2D eigenvalue weighted by Crippen LogP contribution is -2.25. The fourth-order valence-electron chi connectivity index (χ4n) is 3.10. The van der Waals surface area contributed by atoms with Crippen molar-refractivity contribution in [3.63, 3.8) is 0 Å². The summed E-state index contributed by atoms with van der Waals surface area (Å²) in [6.07, 6.45) is 14.6. The van der Waals surface area contributed by atoms with Crippen LogP contribution in [-0.2, 0) is 0 Å². The highest BCUT2D eigenvalue weighted by atomic mass is 14.9. The van der Waals surface area contributed by atoms with Gasteiger partial charge in [-0.1, -0.05) is 45.1 Å². The molecule has 1 nitrogen and oxygen atoms in total. The molecule has 100 valence electrons. The van der Waals surface area contributed by atoms with Crippen molar-refractivity contribution in [3.05, 3.63) is 12.7 Å². The molecular weight excluding hydrogens is 206 g/mol. The molecule has 1 rings (SSSR count). The maximum absolute atomic E-state index is 3.78. The van der Waals surface area contributed by atoms with E-state index in [2.05, 4.69) is 18.8 Å². The van der Waals surface area contributed by atoms with Crippen LogP contribution in [0.5, 0.6) is 0 Å². The highest BCUT2D eigenvalue weighted by molar-refractivity contribution is 4.79. The van der Waals surface area contributed by atoms with Gasteiger partial charge in [-0.2, -0.15) is 0 Å². The van der Waals surface area contributed by atoms with E-state index in [1.54, 1.807) is 0 Å². The monoisotopic (exact) mass is 237 g/mol. The lowest BCUT2D eigenvalue weighted by Gasteiger charge is -2.20. The van der Waals surface area contributed by atoms with E-state index in [1.165, 1.54) is 70.9 Å². The predicted molar refractivity (Wildman–Crippen MR) is 77.3 cm³/mol. The summed E-state index contributed by atoms with van der Waals surface area (Å²) < 4.78 is 0. The Balaban J connectivity index is 2.06. The molecule has 2 unspecified atom stereocenters. The largest absolute Gasteiger partial charge is 0.316 e. The van der Waals surface area contributed by atoms with E-state index in [9.17, 15) is 0 Å². The molecule has 0 aliphatic heterocycles. The first-order chi connectivity index (χ1) is 8.38. The molecule has 1 fully saturated rings. The summed E-state index contributed by atoms with van der Waals surface area (Å²) in [5.41, 5.74) is 0. The molecule has 0 spiro atoms. The zero-order valence-corrected chi connectivity index (χ0v) is 11.7. The van der Waals surface area contributed by atoms with Gasteiger partial charge in [0.2, 0.25) is 0 Å². The average molecular weight is 237 g/mol. The van der Waals surface area contributed by atoms with Crippen LogP contribution in [0.3, 0.4) is 0 Å². The van der Waals surface area contributed by atoms with Crippen LogP contribution in [0.25, 0.3) is 0 Å². The van der Waals surface area contributed by atoms with Gasteiger partial charge in [0.15, 0.2) is 0 Å². The van der Waals surface area contributed by atoms with Crippen LogP contribution in [0.1, 0.15) is 64.7 Å². The van der Waals surface area contributed by atoms with Crippen molar-refractivity contribution in [1.82, 2.24) is 5.32 Å². The minimum atomic E-state index is 0.973. The fraction of sp³-hybridized carbons (Fsp3) is 0.875. The molecule has 0 aromatic heterocycles. The van der Waals surface area contributed by atoms with Crippen molar-refractivity contribution in [2.45, 2.75) is 64.7 Å². The molecule has 0 heterocycles. The first-order valence-electron chi connectivity index (χ1n) is 7.70. The minimum Gasteiger partial charge on any atom is -0.316 e. The predicted octanol–water partition coefficient (Wildman–Crippen LogP) is 4.54. The molecule has 1 N–H and O–H groups in total. The average Bonchev–Trinajstić information content (AvgIpc) is 2.77. The highest BCUT2D eigenvalue weighted by Gasteiger charge is 2.25. The summed E-state index contributed by atoms with van der Waals surface area (Å²) in [7, 11) is 0. The normalized spacial score (nSPS) is 24.1.